The number of aromatic nitrogens is 2. The molecule has 1 fully saturated rings. The Bertz CT molecular complexity index is 625. The van der Waals surface area contributed by atoms with Crippen molar-refractivity contribution < 1.29 is 9.13 Å². The summed E-state index contributed by atoms with van der Waals surface area (Å²) < 4.78 is 21.9. The molecule has 6 heteroatoms. The summed E-state index contributed by atoms with van der Waals surface area (Å²) in [6.07, 6.45) is 3.04. The van der Waals surface area contributed by atoms with Crippen molar-refractivity contribution in [2.45, 2.75) is 31.9 Å². The quantitative estimate of drug-likeness (QED) is 0.772. The van der Waals surface area contributed by atoms with E-state index < -0.39 is 0 Å². The second-order valence-corrected chi connectivity index (χ2v) is 6.20. The van der Waals surface area contributed by atoms with E-state index in [0.717, 1.165) is 37.3 Å². The monoisotopic (exact) mass is 360 g/mol. The summed E-state index contributed by atoms with van der Waals surface area (Å²) in [7, 11) is 0. The van der Waals surface area contributed by atoms with Crippen molar-refractivity contribution in [3.63, 3.8) is 0 Å². The first-order chi connectivity index (χ1) is 9.69. The van der Waals surface area contributed by atoms with Gasteiger partial charge in [-0.2, -0.15) is 0 Å². The first-order valence-electron chi connectivity index (χ1n) is 6.71. The third-order valence-electron chi connectivity index (χ3n) is 3.60. The standard InChI is InChI=1S/C14H15BrClFN2O/c15-10-6-13-12(7-11(10)17)18-14(3-4-16)19(13)8-9-2-1-5-20-9/h6-7,9H,1-5,8H2. The summed E-state index contributed by atoms with van der Waals surface area (Å²) in [5, 5.41) is 0. The Kier molecular flexibility index (Phi) is 4.29. The summed E-state index contributed by atoms with van der Waals surface area (Å²) in [5.74, 6) is 1.10. The molecule has 1 aromatic carbocycles. The fourth-order valence-electron chi connectivity index (χ4n) is 2.64. The summed E-state index contributed by atoms with van der Waals surface area (Å²) in [5.41, 5.74) is 1.60. The molecule has 0 N–H and O–H groups in total. The molecule has 1 aromatic heterocycles. The molecule has 0 amide bonds. The Morgan fingerprint density at radius 2 is 2.35 bits per heavy atom. The van der Waals surface area contributed by atoms with Gasteiger partial charge in [-0.1, -0.05) is 0 Å². The zero-order chi connectivity index (χ0) is 14.1. The normalized spacial score (nSPS) is 19.1. The molecular formula is C14H15BrClFN2O. The highest BCUT2D eigenvalue weighted by Gasteiger charge is 2.20. The number of fused-ring (bicyclic) bond motifs is 1. The third kappa shape index (κ3) is 2.71. The molecule has 0 radical (unpaired) electrons. The number of benzene rings is 1. The molecule has 108 valence electrons. The molecule has 1 aliphatic rings. The molecule has 0 aliphatic carbocycles. The second kappa shape index (κ2) is 6.00. The highest BCUT2D eigenvalue weighted by atomic mass is 79.9. The van der Waals surface area contributed by atoms with Gasteiger partial charge in [-0.3, -0.25) is 0 Å². The maximum Gasteiger partial charge on any atom is 0.139 e. The van der Waals surface area contributed by atoms with Crippen molar-refractivity contribution in [2.24, 2.45) is 0 Å². The number of hydrogen-bond acceptors (Lipinski definition) is 2. The lowest BCUT2D eigenvalue weighted by Gasteiger charge is -2.14. The van der Waals surface area contributed by atoms with Crippen LogP contribution in [0.2, 0.25) is 0 Å². The van der Waals surface area contributed by atoms with Crippen LogP contribution in [0.3, 0.4) is 0 Å². The van der Waals surface area contributed by atoms with Crippen molar-refractivity contribution in [3.8, 4) is 0 Å². The van der Waals surface area contributed by atoms with E-state index in [-0.39, 0.29) is 11.9 Å². The van der Waals surface area contributed by atoms with Gasteiger partial charge in [-0.05, 0) is 34.8 Å². The minimum atomic E-state index is -0.295. The maximum atomic E-state index is 13.6. The number of alkyl halides is 1. The Morgan fingerprint density at radius 3 is 3.05 bits per heavy atom. The van der Waals surface area contributed by atoms with Crippen LogP contribution in [0.1, 0.15) is 18.7 Å². The van der Waals surface area contributed by atoms with Gasteiger partial charge >= 0.3 is 0 Å². The average molecular weight is 362 g/mol. The Labute approximate surface area is 130 Å². The van der Waals surface area contributed by atoms with Crippen molar-refractivity contribution in [1.29, 1.82) is 0 Å². The Morgan fingerprint density at radius 1 is 1.50 bits per heavy atom. The number of imidazole rings is 1. The summed E-state index contributed by atoms with van der Waals surface area (Å²) in [4.78, 5) is 4.51. The van der Waals surface area contributed by atoms with E-state index in [1.54, 1.807) is 6.07 Å². The predicted octanol–water partition coefficient (Wildman–Crippen LogP) is 3.90. The van der Waals surface area contributed by atoms with Crippen LogP contribution < -0.4 is 0 Å². The lowest BCUT2D eigenvalue weighted by atomic mass is 10.2. The molecule has 2 aromatic rings. The molecule has 0 saturated carbocycles. The van der Waals surface area contributed by atoms with Crippen LogP contribution in [0, 0.1) is 5.82 Å². The minimum absolute atomic E-state index is 0.213. The van der Waals surface area contributed by atoms with E-state index in [0.29, 0.717) is 22.3 Å². The molecule has 1 unspecified atom stereocenters. The number of rotatable bonds is 4. The topological polar surface area (TPSA) is 27.1 Å². The molecule has 1 aliphatic heterocycles. The van der Waals surface area contributed by atoms with Crippen molar-refractivity contribution >= 4 is 38.6 Å². The van der Waals surface area contributed by atoms with Gasteiger partial charge in [0.15, 0.2) is 0 Å². The molecule has 1 saturated heterocycles. The smallest absolute Gasteiger partial charge is 0.139 e. The van der Waals surface area contributed by atoms with E-state index in [1.165, 1.54) is 6.07 Å². The highest BCUT2D eigenvalue weighted by molar-refractivity contribution is 9.10. The van der Waals surface area contributed by atoms with Crippen LogP contribution in [-0.2, 0) is 17.7 Å². The zero-order valence-corrected chi connectivity index (χ0v) is 13.3. The van der Waals surface area contributed by atoms with Crippen LogP contribution in [0.4, 0.5) is 4.39 Å². The van der Waals surface area contributed by atoms with E-state index in [9.17, 15) is 4.39 Å². The van der Waals surface area contributed by atoms with Crippen molar-refractivity contribution in [1.82, 2.24) is 9.55 Å². The Hall–Kier alpha value is -0.650. The average Bonchev–Trinajstić information content (AvgIpc) is 3.02. The van der Waals surface area contributed by atoms with Gasteiger partial charge in [0.2, 0.25) is 0 Å². The van der Waals surface area contributed by atoms with Gasteiger partial charge in [-0.15, -0.1) is 11.6 Å². The van der Waals surface area contributed by atoms with E-state index >= 15 is 0 Å². The number of hydrogen-bond donors (Lipinski definition) is 0. The maximum absolute atomic E-state index is 13.6. The van der Waals surface area contributed by atoms with E-state index in [1.807, 2.05) is 0 Å². The van der Waals surface area contributed by atoms with Crippen LogP contribution in [0.5, 0.6) is 0 Å². The lowest BCUT2D eigenvalue weighted by Crippen LogP contribution is -2.17. The fraction of sp³-hybridized carbons (Fsp3) is 0.500. The van der Waals surface area contributed by atoms with Gasteiger partial charge < -0.3 is 9.30 Å². The molecule has 3 rings (SSSR count). The highest BCUT2D eigenvalue weighted by Crippen LogP contribution is 2.26. The summed E-state index contributed by atoms with van der Waals surface area (Å²) in [6, 6.07) is 3.24. The first kappa shape index (κ1) is 14.3. The second-order valence-electron chi connectivity index (χ2n) is 4.97. The third-order valence-corrected chi connectivity index (χ3v) is 4.39. The van der Waals surface area contributed by atoms with Crippen LogP contribution >= 0.6 is 27.5 Å². The lowest BCUT2D eigenvalue weighted by molar-refractivity contribution is 0.0972. The predicted molar refractivity (Wildman–Crippen MR) is 80.8 cm³/mol. The van der Waals surface area contributed by atoms with Crippen LogP contribution in [0.15, 0.2) is 16.6 Å². The molecule has 3 nitrogen and oxygen atoms in total. The Balaban J connectivity index is 2.04. The number of halogens is 3. The molecule has 0 bridgehead atoms. The van der Waals surface area contributed by atoms with E-state index in [2.05, 4.69) is 25.5 Å². The van der Waals surface area contributed by atoms with Gasteiger partial charge in [0, 0.05) is 25.0 Å². The molecule has 20 heavy (non-hydrogen) atoms. The number of ether oxygens (including phenoxy) is 1. The van der Waals surface area contributed by atoms with Gasteiger partial charge in [0.25, 0.3) is 0 Å². The summed E-state index contributed by atoms with van der Waals surface area (Å²) in [6.45, 7) is 1.57. The van der Waals surface area contributed by atoms with Crippen molar-refractivity contribution in [2.75, 3.05) is 12.5 Å². The molecule has 2 heterocycles. The van der Waals surface area contributed by atoms with Gasteiger partial charge in [-0.25, -0.2) is 9.37 Å². The minimum Gasteiger partial charge on any atom is -0.376 e. The number of nitrogens with zero attached hydrogens (tertiary/aromatic N) is 2. The SMILES string of the molecule is Fc1cc2nc(CCCl)n(CC3CCCO3)c2cc1Br. The van der Waals surface area contributed by atoms with Crippen LogP contribution in [-0.4, -0.2) is 28.1 Å². The largest absolute Gasteiger partial charge is 0.376 e. The molecule has 1 atom stereocenters. The molecular weight excluding hydrogens is 347 g/mol. The zero-order valence-electron chi connectivity index (χ0n) is 10.9. The van der Waals surface area contributed by atoms with E-state index in [4.69, 9.17) is 16.3 Å². The molecule has 0 spiro atoms. The summed E-state index contributed by atoms with van der Waals surface area (Å²) >= 11 is 9.08. The number of aryl methyl sites for hydroxylation is 1. The van der Waals surface area contributed by atoms with Gasteiger partial charge in [0.05, 0.1) is 28.2 Å². The fourth-order valence-corrected chi connectivity index (χ4v) is 3.14. The van der Waals surface area contributed by atoms with Crippen LogP contribution in [0.25, 0.3) is 11.0 Å². The first-order valence-corrected chi connectivity index (χ1v) is 8.03. The van der Waals surface area contributed by atoms with Crippen molar-refractivity contribution in [3.05, 3.63) is 28.2 Å². The van der Waals surface area contributed by atoms with Gasteiger partial charge in [0.1, 0.15) is 11.6 Å².